The number of amides is 7. The fourth-order valence-corrected chi connectivity index (χ4v) is 9.81. The number of unbranched alkanes of at least 4 members (excludes halogenated alkanes) is 2. The molecule has 2 heterocycles. The number of rotatable bonds is 34. The van der Waals surface area contributed by atoms with Crippen LogP contribution < -0.4 is 26.6 Å². The van der Waals surface area contributed by atoms with Crippen LogP contribution in [0.2, 0.25) is 0 Å². The third-order valence-electron chi connectivity index (χ3n) is 12.6. The van der Waals surface area contributed by atoms with Crippen molar-refractivity contribution in [3.63, 3.8) is 0 Å². The van der Waals surface area contributed by atoms with Crippen LogP contribution in [0.15, 0.2) is 71.4 Å². The average Bonchev–Trinajstić information content (AvgIpc) is 4.01. The summed E-state index contributed by atoms with van der Waals surface area (Å²) >= 11 is 2.98. The third kappa shape index (κ3) is 23.3. The molecule has 1 saturated heterocycles. The summed E-state index contributed by atoms with van der Waals surface area (Å²) in [7, 11) is 3.03. The number of hydrogen-bond acceptors (Lipinski definition) is 14. The Kier molecular flexibility index (Phi) is 29.3. The van der Waals surface area contributed by atoms with Gasteiger partial charge in [-0.15, -0.1) is 0 Å². The number of nitrogens with one attached hydrogen (secondary N) is 5. The monoisotopic (exact) mass is 1080 g/mol. The van der Waals surface area contributed by atoms with E-state index in [1.54, 1.807) is 19.2 Å². The molecule has 2 aliphatic rings. The first-order valence-electron chi connectivity index (χ1n) is 25.9. The molecular weight excluding hydrogens is 999 g/mol. The highest BCUT2D eigenvalue weighted by Crippen LogP contribution is 2.22. The number of carbonyl (C=O) groups is 9. The molecule has 0 saturated carbocycles. The topological polar surface area (TPSA) is 239 Å². The summed E-state index contributed by atoms with van der Waals surface area (Å²) in [5.41, 5.74) is 4.68. The Labute approximate surface area is 452 Å². The Morgan fingerprint density at radius 3 is 2.15 bits per heavy atom. The van der Waals surface area contributed by atoms with Crippen LogP contribution in [0, 0.1) is 5.92 Å². The van der Waals surface area contributed by atoms with Crippen LogP contribution in [0.4, 0.5) is 5.69 Å². The van der Waals surface area contributed by atoms with E-state index in [4.69, 9.17) is 9.47 Å². The molecule has 2 aliphatic heterocycles. The summed E-state index contributed by atoms with van der Waals surface area (Å²) in [6, 6.07) is 3.53. The van der Waals surface area contributed by atoms with Gasteiger partial charge >= 0.3 is 11.9 Å². The molecular formula is C55H81N7O11S2. The number of allylic oxidation sites excluding steroid dienone is 4. The first-order chi connectivity index (χ1) is 35.9. The normalized spacial score (nSPS) is 16.1. The number of nitrogens with zero attached hydrogens (tertiary/aromatic N) is 2. The lowest BCUT2D eigenvalue weighted by Gasteiger charge is -2.30. The number of thioether (sulfide) groups is 2. The summed E-state index contributed by atoms with van der Waals surface area (Å²) in [6.45, 7) is 10.3. The number of anilines is 1. The minimum Gasteiger partial charge on any atom is -0.467 e. The molecule has 1 fully saturated rings. The quantitative estimate of drug-likeness (QED) is 0.0229. The van der Waals surface area contributed by atoms with E-state index in [0.29, 0.717) is 55.6 Å². The Balaban J connectivity index is 1.45. The summed E-state index contributed by atoms with van der Waals surface area (Å²) in [6.07, 6.45) is 17.5. The number of esters is 2. The predicted octanol–water partition coefficient (Wildman–Crippen LogP) is 6.04. The highest BCUT2D eigenvalue weighted by molar-refractivity contribution is 7.99. The zero-order chi connectivity index (χ0) is 55.3. The molecule has 4 atom stereocenters. The Hall–Kier alpha value is -5.89. The standard InChI is InChI=1S/C55H81N7O11S2/c1-37(2)33-44(59-48(64)34-57-51(67)43(28-31-74-8)58-47(63)24-10-9-13-29-62-49(65)25-26-50(62)66)53(69)61-30-16-23-46(61)52(68)60-45(55(71)72-7)36-75-32-27-39(4)19-14-17-38(3)18-15-20-40(5)35-73-54(70)41-21-11-12-22-42(41)56-6/h11-12,17,20-22,25-27,37,43-46,56H,9-10,13-16,18-19,23-24,28-36H2,1-8H3,(H,57,67)(H,58,63)(H,59,64)(H,60,68)/b38-17+,39-27+,40-20+/t43-,44-,45-,46-/m0/s1. The molecule has 1 aromatic rings. The van der Waals surface area contributed by atoms with Gasteiger partial charge in [-0.2, -0.15) is 23.5 Å². The number of imide groups is 1. The molecule has 7 amide bonds. The van der Waals surface area contributed by atoms with Gasteiger partial charge in [0.1, 0.15) is 30.8 Å². The van der Waals surface area contributed by atoms with Crippen LogP contribution >= 0.6 is 23.5 Å². The second-order valence-corrected chi connectivity index (χ2v) is 21.3. The third-order valence-corrected chi connectivity index (χ3v) is 14.2. The number of likely N-dealkylation sites (tertiary alicyclic amines) is 1. The first-order valence-corrected chi connectivity index (χ1v) is 28.5. The van der Waals surface area contributed by atoms with E-state index in [0.717, 1.165) is 41.8 Å². The van der Waals surface area contributed by atoms with Gasteiger partial charge in [-0.1, -0.05) is 61.8 Å². The van der Waals surface area contributed by atoms with Crippen molar-refractivity contribution in [2.45, 2.75) is 136 Å². The smallest absolute Gasteiger partial charge is 0.340 e. The van der Waals surface area contributed by atoms with Gasteiger partial charge in [0, 0.05) is 55.9 Å². The Bertz CT molecular complexity index is 2230. The van der Waals surface area contributed by atoms with Crippen molar-refractivity contribution in [1.29, 1.82) is 0 Å². The van der Waals surface area contributed by atoms with Crippen LogP contribution in [0.1, 0.15) is 122 Å². The average molecular weight is 1080 g/mol. The van der Waals surface area contributed by atoms with Crippen LogP contribution in [0.25, 0.3) is 0 Å². The van der Waals surface area contributed by atoms with Crippen molar-refractivity contribution in [1.82, 2.24) is 31.1 Å². The maximum atomic E-state index is 14.1. The van der Waals surface area contributed by atoms with Gasteiger partial charge in [0.2, 0.25) is 29.5 Å². The zero-order valence-corrected chi connectivity index (χ0v) is 46.9. The van der Waals surface area contributed by atoms with Gasteiger partial charge in [0.25, 0.3) is 11.8 Å². The maximum absolute atomic E-state index is 14.1. The van der Waals surface area contributed by atoms with Crippen LogP contribution in [-0.4, -0.2) is 151 Å². The lowest BCUT2D eigenvalue weighted by molar-refractivity contribution is -0.146. The number of carbonyl (C=O) groups excluding carboxylic acids is 9. The molecule has 1 aromatic carbocycles. The molecule has 414 valence electrons. The molecule has 0 spiro atoms. The van der Waals surface area contributed by atoms with E-state index in [2.05, 4.69) is 58.7 Å². The minimum atomic E-state index is -0.988. The molecule has 18 nitrogen and oxygen atoms in total. The van der Waals surface area contributed by atoms with Crippen molar-refractivity contribution in [2.75, 3.05) is 69.2 Å². The van der Waals surface area contributed by atoms with Crippen LogP contribution in [0.3, 0.4) is 0 Å². The van der Waals surface area contributed by atoms with E-state index >= 15 is 0 Å². The van der Waals surface area contributed by atoms with Gasteiger partial charge < -0.3 is 41.0 Å². The van der Waals surface area contributed by atoms with Crippen LogP contribution in [0.5, 0.6) is 0 Å². The van der Waals surface area contributed by atoms with E-state index < -0.39 is 60.3 Å². The Morgan fingerprint density at radius 1 is 0.813 bits per heavy atom. The molecule has 20 heteroatoms. The van der Waals surface area contributed by atoms with Crippen molar-refractivity contribution < 1.29 is 52.6 Å². The first kappa shape index (κ1) is 63.4. The number of para-hydroxylation sites is 1. The minimum absolute atomic E-state index is 0.0150. The molecule has 75 heavy (non-hydrogen) atoms. The lowest BCUT2D eigenvalue weighted by atomic mass is 10.0. The zero-order valence-electron chi connectivity index (χ0n) is 45.2. The predicted molar refractivity (Wildman–Crippen MR) is 296 cm³/mol. The molecule has 0 radical (unpaired) electrons. The van der Waals surface area contributed by atoms with Crippen molar-refractivity contribution in [3.8, 4) is 0 Å². The highest BCUT2D eigenvalue weighted by atomic mass is 32.2. The van der Waals surface area contributed by atoms with Crippen LogP contribution in [-0.2, 0) is 47.8 Å². The highest BCUT2D eigenvalue weighted by Gasteiger charge is 2.39. The second-order valence-electron chi connectivity index (χ2n) is 19.3. The van der Waals surface area contributed by atoms with Gasteiger partial charge in [-0.3, -0.25) is 38.5 Å². The molecule has 0 bridgehead atoms. The molecule has 0 aromatic heterocycles. The maximum Gasteiger partial charge on any atom is 0.340 e. The molecule has 0 aliphatic carbocycles. The van der Waals surface area contributed by atoms with Crippen molar-refractivity contribution >= 4 is 82.5 Å². The van der Waals surface area contributed by atoms with E-state index in [9.17, 15) is 43.2 Å². The van der Waals surface area contributed by atoms with Gasteiger partial charge in [-0.25, -0.2) is 9.59 Å². The summed E-state index contributed by atoms with van der Waals surface area (Å²) in [4.78, 5) is 119. The van der Waals surface area contributed by atoms with E-state index in [1.807, 2.05) is 39.2 Å². The summed E-state index contributed by atoms with van der Waals surface area (Å²) in [5, 5.41) is 14.0. The van der Waals surface area contributed by atoms with Crippen molar-refractivity contribution in [2.24, 2.45) is 5.92 Å². The molecule has 0 unspecified atom stereocenters. The lowest BCUT2D eigenvalue weighted by Crippen LogP contribution is -2.57. The molecule has 5 N–H and O–H groups in total. The number of methoxy groups -OCH3 is 1. The van der Waals surface area contributed by atoms with Crippen molar-refractivity contribution in [3.05, 3.63) is 76.9 Å². The number of hydrogen-bond donors (Lipinski definition) is 5. The van der Waals surface area contributed by atoms with Gasteiger partial charge in [0.05, 0.1) is 19.2 Å². The van der Waals surface area contributed by atoms with Gasteiger partial charge in [0.15, 0.2) is 0 Å². The fourth-order valence-electron chi connectivity index (χ4n) is 8.34. The largest absolute Gasteiger partial charge is 0.467 e. The number of benzene rings is 1. The fraction of sp³-hybridized carbons (Fsp3) is 0.582. The summed E-state index contributed by atoms with van der Waals surface area (Å²) in [5.74, 6) is -2.67. The van der Waals surface area contributed by atoms with E-state index in [1.165, 1.54) is 58.8 Å². The number of ether oxygens (including phenoxy) is 2. The molecule has 3 rings (SSSR count). The van der Waals surface area contributed by atoms with E-state index in [-0.39, 0.29) is 67.9 Å². The summed E-state index contributed by atoms with van der Waals surface area (Å²) < 4.78 is 10.6. The Morgan fingerprint density at radius 2 is 1.48 bits per heavy atom. The SMILES string of the molecule is CNc1ccccc1C(=O)OC/C(C)=C/CC/C(C)=C/CC/C(C)=C/CSC[C@H](NC(=O)[C@@H]1CCCN1C(=O)[C@H](CC(C)C)NC(=O)CNC(=O)[C@H](CCSC)NC(=O)CCCCCN1C(=O)C=CC1=O)C(=O)OC. The second kappa shape index (κ2) is 34.6. The van der Waals surface area contributed by atoms with Gasteiger partial charge in [-0.05, 0) is 121 Å².